The first-order valence-corrected chi connectivity index (χ1v) is 9.44. The third kappa shape index (κ3) is 4.79. The van der Waals surface area contributed by atoms with Gasteiger partial charge in [0, 0.05) is 32.4 Å². The molecule has 0 spiro atoms. The van der Waals surface area contributed by atoms with Crippen LogP contribution < -0.4 is 5.32 Å². The molecular weight excluding hydrogens is 334 g/mol. The lowest BCUT2D eigenvalue weighted by atomic mass is 9.98. The summed E-state index contributed by atoms with van der Waals surface area (Å²) in [5.74, 6) is 0.652. The molecule has 2 fully saturated rings. The molecule has 1 aromatic heterocycles. The van der Waals surface area contributed by atoms with Crippen LogP contribution in [0.2, 0.25) is 0 Å². The molecule has 0 aromatic carbocycles. The molecule has 0 radical (unpaired) electrons. The molecule has 0 unspecified atom stereocenters. The second-order valence-electron chi connectivity index (χ2n) is 7.41. The van der Waals surface area contributed by atoms with Gasteiger partial charge in [-0.1, -0.05) is 13.0 Å². The summed E-state index contributed by atoms with van der Waals surface area (Å²) >= 11 is 0. The summed E-state index contributed by atoms with van der Waals surface area (Å²) in [6, 6.07) is 5.68. The number of piperidine rings is 1. The highest BCUT2D eigenvalue weighted by molar-refractivity contribution is 5.77. The Kier molecular flexibility index (Phi) is 6.58. The van der Waals surface area contributed by atoms with Gasteiger partial charge in [-0.05, 0) is 30.9 Å². The molecule has 2 aliphatic heterocycles. The van der Waals surface area contributed by atoms with Gasteiger partial charge in [0.1, 0.15) is 12.2 Å². The number of aliphatic hydroxyl groups excluding tert-OH is 2. The number of pyridine rings is 1. The molecule has 2 aliphatic rings. The lowest BCUT2D eigenvalue weighted by molar-refractivity contribution is -0.136. The van der Waals surface area contributed by atoms with E-state index in [2.05, 4.69) is 17.2 Å². The molecule has 3 heterocycles. The molecule has 1 aromatic rings. The number of likely N-dealkylation sites (tertiary alicyclic amines) is 1. The molecule has 3 N–H and O–H groups in total. The molecule has 4 atom stereocenters. The number of nitrogens with zero attached hydrogens (tertiary/aromatic N) is 2. The maximum atomic E-state index is 12.4. The minimum Gasteiger partial charge on any atom is -0.388 e. The van der Waals surface area contributed by atoms with E-state index in [0.717, 1.165) is 31.6 Å². The summed E-state index contributed by atoms with van der Waals surface area (Å²) in [7, 11) is 0. The Morgan fingerprint density at radius 2 is 2.00 bits per heavy atom. The average molecular weight is 363 g/mol. The summed E-state index contributed by atoms with van der Waals surface area (Å²) in [6.45, 7) is 4.67. The van der Waals surface area contributed by atoms with Gasteiger partial charge in [-0.15, -0.1) is 0 Å². The van der Waals surface area contributed by atoms with Crippen LogP contribution in [0.3, 0.4) is 0 Å². The number of ether oxygens (including phenoxy) is 1. The van der Waals surface area contributed by atoms with Crippen molar-refractivity contribution < 1.29 is 19.7 Å². The lowest BCUT2D eigenvalue weighted by Gasteiger charge is -2.31. The predicted molar refractivity (Wildman–Crippen MR) is 96.2 cm³/mol. The van der Waals surface area contributed by atoms with E-state index in [9.17, 15) is 15.0 Å². The summed E-state index contributed by atoms with van der Waals surface area (Å²) in [5.41, 5.74) is 0.895. The summed E-state index contributed by atoms with van der Waals surface area (Å²) in [4.78, 5) is 18.5. The van der Waals surface area contributed by atoms with Gasteiger partial charge in [0.15, 0.2) is 0 Å². The minimum atomic E-state index is -1.04. The number of hydrogen-bond donors (Lipinski definition) is 3. The molecule has 144 valence electrons. The van der Waals surface area contributed by atoms with Crippen molar-refractivity contribution in [2.45, 2.75) is 57.1 Å². The Bertz CT molecular complexity index is 577. The standard InChI is InChI=1S/C19H29N3O4/c1-13-5-8-22(9-6-13)17(23)10-15-18(24)19(25)16(26-15)12-20-11-14-4-2-3-7-21-14/h2-4,7,13,15-16,18-20,24-25H,5-6,8-12H2,1H3/t15-,16-,18+,19-/m1/s1. The zero-order valence-electron chi connectivity index (χ0n) is 15.3. The number of amides is 1. The Hall–Kier alpha value is -1.54. The van der Waals surface area contributed by atoms with Crippen LogP contribution >= 0.6 is 0 Å². The largest absolute Gasteiger partial charge is 0.388 e. The van der Waals surface area contributed by atoms with Gasteiger partial charge in [-0.2, -0.15) is 0 Å². The van der Waals surface area contributed by atoms with E-state index in [1.807, 2.05) is 23.1 Å². The third-order valence-corrected chi connectivity index (χ3v) is 5.35. The van der Waals surface area contributed by atoms with Crippen molar-refractivity contribution in [3.05, 3.63) is 30.1 Å². The number of carbonyl (C=O) groups excluding carboxylic acids is 1. The molecule has 7 nitrogen and oxygen atoms in total. The molecule has 0 aliphatic carbocycles. The lowest BCUT2D eigenvalue weighted by Crippen LogP contribution is -2.41. The summed E-state index contributed by atoms with van der Waals surface area (Å²) in [5, 5.41) is 23.7. The van der Waals surface area contributed by atoms with Crippen LogP contribution in [-0.2, 0) is 16.1 Å². The van der Waals surface area contributed by atoms with Crippen LogP contribution in [-0.4, -0.2) is 70.1 Å². The highest BCUT2D eigenvalue weighted by Crippen LogP contribution is 2.25. The van der Waals surface area contributed by atoms with Gasteiger partial charge in [0.25, 0.3) is 0 Å². The maximum Gasteiger partial charge on any atom is 0.225 e. The van der Waals surface area contributed by atoms with Gasteiger partial charge in [-0.25, -0.2) is 0 Å². The van der Waals surface area contributed by atoms with Crippen LogP contribution in [0.1, 0.15) is 31.9 Å². The van der Waals surface area contributed by atoms with Gasteiger partial charge in [-0.3, -0.25) is 9.78 Å². The predicted octanol–water partition coefficient (Wildman–Crippen LogP) is 0.309. The van der Waals surface area contributed by atoms with E-state index in [4.69, 9.17) is 4.74 Å². The topological polar surface area (TPSA) is 94.9 Å². The van der Waals surface area contributed by atoms with Crippen LogP contribution in [0.25, 0.3) is 0 Å². The van der Waals surface area contributed by atoms with Crippen molar-refractivity contribution in [3.63, 3.8) is 0 Å². The number of rotatable bonds is 6. The first kappa shape index (κ1) is 19.2. The summed E-state index contributed by atoms with van der Waals surface area (Å²) in [6.07, 6.45) is 0.653. The van der Waals surface area contributed by atoms with Crippen LogP contribution in [0.15, 0.2) is 24.4 Å². The molecule has 7 heteroatoms. The number of aliphatic hydroxyl groups is 2. The van der Waals surface area contributed by atoms with E-state index in [0.29, 0.717) is 19.0 Å². The van der Waals surface area contributed by atoms with Gasteiger partial charge in [0.2, 0.25) is 5.91 Å². The molecule has 26 heavy (non-hydrogen) atoms. The van der Waals surface area contributed by atoms with E-state index >= 15 is 0 Å². The zero-order valence-corrected chi connectivity index (χ0v) is 15.3. The van der Waals surface area contributed by atoms with E-state index in [1.54, 1.807) is 6.20 Å². The second-order valence-corrected chi connectivity index (χ2v) is 7.41. The molecular formula is C19H29N3O4. The zero-order chi connectivity index (χ0) is 18.5. The van der Waals surface area contributed by atoms with Crippen molar-refractivity contribution in [1.82, 2.24) is 15.2 Å². The fourth-order valence-corrected chi connectivity index (χ4v) is 3.57. The highest BCUT2D eigenvalue weighted by Gasteiger charge is 2.43. The second kappa shape index (κ2) is 8.90. The Labute approximate surface area is 154 Å². The van der Waals surface area contributed by atoms with Crippen LogP contribution in [0.4, 0.5) is 0 Å². The van der Waals surface area contributed by atoms with Crippen molar-refractivity contribution in [2.24, 2.45) is 5.92 Å². The quantitative estimate of drug-likeness (QED) is 0.673. The molecule has 1 amide bonds. The average Bonchev–Trinajstić information content (AvgIpc) is 2.91. The first-order chi connectivity index (χ1) is 12.5. The highest BCUT2D eigenvalue weighted by atomic mass is 16.5. The molecule has 0 bridgehead atoms. The fraction of sp³-hybridized carbons (Fsp3) is 0.684. The molecule has 3 rings (SSSR count). The van der Waals surface area contributed by atoms with Crippen molar-refractivity contribution in [2.75, 3.05) is 19.6 Å². The molecule has 2 saturated heterocycles. The van der Waals surface area contributed by atoms with Crippen LogP contribution in [0, 0.1) is 5.92 Å². The van der Waals surface area contributed by atoms with Crippen molar-refractivity contribution in [3.8, 4) is 0 Å². The monoisotopic (exact) mass is 363 g/mol. The third-order valence-electron chi connectivity index (χ3n) is 5.35. The van der Waals surface area contributed by atoms with Gasteiger partial charge < -0.3 is 25.2 Å². The Morgan fingerprint density at radius 3 is 2.69 bits per heavy atom. The number of aromatic nitrogens is 1. The number of nitrogens with one attached hydrogen (secondary N) is 1. The van der Waals surface area contributed by atoms with Gasteiger partial charge in [0.05, 0.1) is 24.3 Å². The maximum absolute atomic E-state index is 12.4. The Morgan fingerprint density at radius 1 is 1.27 bits per heavy atom. The van der Waals surface area contributed by atoms with Crippen molar-refractivity contribution in [1.29, 1.82) is 0 Å². The van der Waals surface area contributed by atoms with Gasteiger partial charge >= 0.3 is 0 Å². The smallest absolute Gasteiger partial charge is 0.225 e. The van der Waals surface area contributed by atoms with Crippen molar-refractivity contribution >= 4 is 5.91 Å². The minimum absolute atomic E-state index is 0.00440. The normalized spacial score (nSPS) is 29.9. The number of hydrogen-bond acceptors (Lipinski definition) is 6. The van der Waals surface area contributed by atoms with Crippen LogP contribution in [0.5, 0.6) is 0 Å². The molecule has 0 saturated carbocycles. The van der Waals surface area contributed by atoms with E-state index in [-0.39, 0.29) is 12.3 Å². The van der Waals surface area contributed by atoms with E-state index in [1.165, 1.54) is 0 Å². The SMILES string of the molecule is CC1CCN(C(=O)C[C@H]2O[C@H](CNCc3ccccn3)[C@@H](O)[C@H]2O)CC1. The Balaban J connectivity index is 1.45. The first-order valence-electron chi connectivity index (χ1n) is 9.44. The van der Waals surface area contributed by atoms with E-state index < -0.39 is 24.4 Å². The summed E-state index contributed by atoms with van der Waals surface area (Å²) < 4.78 is 5.78. The number of carbonyl (C=O) groups is 1. The fourth-order valence-electron chi connectivity index (χ4n) is 3.57.